The summed E-state index contributed by atoms with van der Waals surface area (Å²) in [6.45, 7) is 9.39. The average molecular weight is 182 g/mol. The van der Waals surface area contributed by atoms with Crippen molar-refractivity contribution in [2.75, 3.05) is 26.2 Å². The van der Waals surface area contributed by atoms with Gasteiger partial charge in [-0.3, -0.25) is 0 Å². The number of nitrogens with zero attached hydrogens (tertiary/aromatic N) is 1. The zero-order valence-electron chi connectivity index (χ0n) is 8.97. The summed E-state index contributed by atoms with van der Waals surface area (Å²) in [5.41, 5.74) is 6.92. The predicted molar refractivity (Wildman–Crippen MR) is 55.6 cm³/mol. The van der Waals surface area contributed by atoms with Crippen LogP contribution in [0.4, 0.5) is 0 Å². The van der Waals surface area contributed by atoms with Crippen molar-refractivity contribution in [1.82, 2.24) is 4.90 Å². The molecule has 1 saturated heterocycles. The Kier molecular flexibility index (Phi) is 2.16. The van der Waals surface area contributed by atoms with Crippen LogP contribution in [0.25, 0.3) is 0 Å². The van der Waals surface area contributed by atoms with Crippen molar-refractivity contribution in [1.29, 1.82) is 0 Å². The van der Waals surface area contributed by atoms with Gasteiger partial charge in [0.15, 0.2) is 0 Å². The van der Waals surface area contributed by atoms with Gasteiger partial charge in [0, 0.05) is 19.6 Å². The summed E-state index contributed by atoms with van der Waals surface area (Å²) in [7, 11) is 0. The summed E-state index contributed by atoms with van der Waals surface area (Å²) in [5, 5.41) is 0. The Morgan fingerprint density at radius 2 is 1.85 bits per heavy atom. The Bertz CT molecular complexity index is 181. The summed E-state index contributed by atoms with van der Waals surface area (Å²) in [4.78, 5) is 2.58. The lowest BCUT2D eigenvalue weighted by molar-refractivity contribution is -0.0267. The maximum absolute atomic E-state index is 5.84. The summed E-state index contributed by atoms with van der Waals surface area (Å²) in [6, 6.07) is 0. The molecule has 0 aromatic rings. The molecule has 2 nitrogen and oxygen atoms in total. The molecule has 0 spiro atoms. The number of rotatable bonds is 3. The fourth-order valence-corrected chi connectivity index (χ4v) is 2.85. The third-order valence-corrected chi connectivity index (χ3v) is 3.71. The van der Waals surface area contributed by atoms with E-state index in [1.807, 2.05) is 0 Å². The maximum Gasteiger partial charge on any atom is 0.00505 e. The van der Waals surface area contributed by atoms with E-state index in [0.29, 0.717) is 10.8 Å². The third-order valence-electron chi connectivity index (χ3n) is 3.71. The molecule has 2 fully saturated rings. The van der Waals surface area contributed by atoms with Gasteiger partial charge in [-0.25, -0.2) is 0 Å². The lowest BCUT2D eigenvalue weighted by Gasteiger charge is -2.52. The van der Waals surface area contributed by atoms with Crippen LogP contribution in [0.15, 0.2) is 0 Å². The van der Waals surface area contributed by atoms with Crippen LogP contribution in [-0.4, -0.2) is 31.1 Å². The molecule has 2 rings (SSSR count). The van der Waals surface area contributed by atoms with Crippen LogP contribution in [-0.2, 0) is 0 Å². The first-order valence-electron chi connectivity index (χ1n) is 5.48. The maximum atomic E-state index is 5.84. The molecule has 2 aliphatic rings. The smallest absolute Gasteiger partial charge is 0.00505 e. The zero-order valence-corrected chi connectivity index (χ0v) is 8.97. The average Bonchev–Trinajstić information content (AvgIpc) is 1.92. The lowest BCUT2D eigenvalue weighted by atomic mass is 9.67. The van der Waals surface area contributed by atoms with E-state index in [1.54, 1.807) is 0 Å². The molecule has 0 amide bonds. The highest BCUT2D eigenvalue weighted by atomic mass is 15.2. The molecular weight excluding hydrogens is 160 g/mol. The van der Waals surface area contributed by atoms with Crippen LogP contribution in [0.1, 0.15) is 33.1 Å². The van der Waals surface area contributed by atoms with Gasteiger partial charge in [0.1, 0.15) is 0 Å². The molecule has 0 aromatic heterocycles. The van der Waals surface area contributed by atoms with E-state index >= 15 is 0 Å². The fourth-order valence-electron chi connectivity index (χ4n) is 2.85. The van der Waals surface area contributed by atoms with Crippen LogP contribution in [0.2, 0.25) is 0 Å². The minimum Gasteiger partial charge on any atom is -0.330 e. The van der Waals surface area contributed by atoms with Crippen LogP contribution in [0, 0.1) is 10.8 Å². The van der Waals surface area contributed by atoms with Gasteiger partial charge in [-0.15, -0.1) is 0 Å². The molecule has 0 radical (unpaired) electrons. The van der Waals surface area contributed by atoms with Gasteiger partial charge in [-0.1, -0.05) is 20.3 Å². The van der Waals surface area contributed by atoms with Gasteiger partial charge in [0.2, 0.25) is 0 Å². The lowest BCUT2D eigenvalue weighted by Crippen LogP contribution is -2.58. The number of nitrogens with two attached hydrogens (primary N) is 1. The second-order valence-corrected chi connectivity index (χ2v) is 5.87. The van der Waals surface area contributed by atoms with E-state index in [2.05, 4.69) is 18.7 Å². The Hall–Kier alpha value is -0.0800. The van der Waals surface area contributed by atoms with E-state index < -0.39 is 0 Å². The minimum absolute atomic E-state index is 0.510. The summed E-state index contributed by atoms with van der Waals surface area (Å²) >= 11 is 0. The molecule has 1 heterocycles. The largest absolute Gasteiger partial charge is 0.330 e. The summed E-state index contributed by atoms with van der Waals surface area (Å²) in [5.74, 6) is 0. The molecule has 0 aromatic carbocycles. The monoisotopic (exact) mass is 182 g/mol. The van der Waals surface area contributed by atoms with Gasteiger partial charge in [-0.05, 0) is 30.2 Å². The second kappa shape index (κ2) is 2.96. The summed E-state index contributed by atoms with van der Waals surface area (Å²) < 4.78 is 0. The van der Waals surface area contributed by atoms with Crippen LogP contribution in [0.5, 0.6) is 0 Å². The normalized spacial score (nSPS) is 30.7. The third kappa shape index (κ3) is 1.75. The van der Waals surface area contributed by atoms with Crippen molar-refractivity contribution in [3.63, 3.8) is 0 Å². The molecule has 0 bridgehead atoms. The van der Waals surface area contributed by atoms with Gasteiger partial charge in [0.25, 0.3) is 0 Å². The van der Waals surface area contributed by atoms with Gasteiger partial charge in [0.05, 0.1) is 0 Å². The van der Waals surface area contributed by atoms with Gasteiger partial charge < -0.3 is 10.6 Å². The van der Waals surface area contributed by atoms with Crippen LogP contribution in [0.3, 0.4) is 0 Å². The topological polar surface area (TPSA) is 29.3 Å². The van der Waals surface area contributed by atoms with E-state index in [9.17, 15) is 0 Å². The Labute approximate surface area is 81.5 Å². The van der Waals surface area contributed by atoms with Crippen molar-refractivity contribution in [3.8, 4) is 0 Å². The van der Waals surface area contributed by atoms with Crippen molar-refractivity contribution >= 4 is 0 Å². The molecule has 2 N–H and O–H groups in total. The first-order chi connectivity index (χ1) is 6.05. The van der Waals surface area contributed by atoms with Gasteiger partial charge >= 0.3 is 0 Å². The van der Waals surface area contributed by atoms with Crippen LogP contribution >= 0.6 is 0 Å². The standard InChI is InChI=1S/C11H22N2/c1-10(2)7-13(8-10)9-11(6-12)4-3-5-11/h3-9,12H2,1-2H3. The van der Waals surface area contributed by atoms with Crippen molar-refractivity contribution in [2.45, 2.75) is 33.1 Å². The Balaban J connectivity index is 1.79. The minimum atomic E-state index is 0.510. The highest BCUT2D eigenvalue weighted by molar-refractivity contribution is 4.96. The molecule has 13 heavy (non-hydrogen) atoms. The summed E-state index contributed by atoms with van der Waals surface area (Å²) in [6.07, 6.45) is 4.12. The molecule has 1 aliphatic carbocycles. The highest BCUT2D eigenvalue weighted by Crippen LogP contribution is 2.42. The fraction of sp³-hybridized carbons (Fsp3) is 1.00. The van der Waals surface area contributed by atoms with E-state index in [1.165, 1.54) is 38.9 Å². The first kappa shape index (κ1) is 9.47. The van der Waals surface area contributed by atoms with Crippen molar-refractivity contribution in [2.24, 2.45) is 16.6 Å². The van der Waals surface area contributed by atoms with Crippen LogP contribution < -0.4 is 5.73 Å². The number of likely N-dealkylation sites (tertiary alicyclic amines) is 1. The first-order valence-corrected chi connectivity index (χ1v) is 5.48. The van der Waals surface area contributed by atoms with E-state index in [4.69, 9.17) is 5.73 Å². The molecule has 2 heteroatoms. The Morgan fingerprint density at radius 1 is 1.23 bits per heavy atom. The molecule has 1 saturated carbocycles. The zero-order chi connectivity index (χ0) is 9.53. The Morgan fingerprint density at radius 3 is 2.15 bits per heavy atom. The molecular formula is C11H22N2. The number of hydrogen-bond donors (Lipinski definition) is 1. The van der Waals surface area contributed by atoms with E-state index in [-0.39, 0.29) is 0 Å². The SMILES string of the molecule is CC1(C)CN(CC2(CN)CCC2)C1. The quantitative estimate of drug-likeness (QED) is 0.716. The van der Waals surface area contributed by atoms with Gasteiger partial charge in [-0.2, -0.15) is 0 Å². The molecule has 76 valence electrons. The molecule has 1 aliphatic heterocycles. The second-order valence-electron chi connectivity index (χ2n) is 5.87. The predicted octanol–water partition coefficient (Wildman–Crippen LogP) is 1.46. The van der Waals surface area contributed by atoms with Crippen molar-refractivity contribution < 1.29 is 0 Å². The highest BCUT2D eigenvalue weighted by Gasteiger charge is 2.42. The van der Waals surface area contributed by atoms with Crippen molar-refractivity contribution in [3.05, 3.63) is 0 Å². The molecule has 0 atom stereocenters. The van der Waals surface area contributed by atoms with E-state index in [0.717, 1.165) is 6.54 Å². The number of hydrogen-bond acceptors (Lipinski definition) is 2. The molecule has 0 unspecified atom stereocenters.